The molecule has 3 aromatic heterocycles. The minimum atomic E-state index is 0.431. The first-order valence-electron chi connectivity index (χ1n) is 6.32. The average molecular weight is 357 g/mol. The zero-order valence-corrected chi connectivity index (χ0v) is 13.2. The highest BCUT2D eigenvalue weighted by Crippen LogP contribution is 2.27. The first kappa shape index (κ1) is 12.7. The van der Waals surface area contributed by atoms with Crippen molar-refractivity contribution in [3.63, 3.8) is 0 Å². The van der Waals surface area contributed by atoms with Gasteiger partial charge in [0.1, 0.15) is 11.3 Å². The minimum Gasteiger partial charge on any atom is -0.454 e. The Balaban J connectivity index is 1.97. The van der Waals surface area contributed by atoms with Crippen molar-refractivity contribution in [1.82, 2.24) is 4.98 Å². The molecular weight excluding hydrogens is 348 g/mol. The van der Waals surface area contributed by atoms with E-state index >= 15 is 0 Å². The van der Waals surface area contributed by atoms with Crippen LogP contribution in [-0.4, -0.2) is 4.98 Å². The zero-order valence-electron chi connectivity index (χ0n) is 10.8. The van der Waals surface area contributed by atoms with Crippen molar-refractivity contribution in [2.75, 3.05) is 0 Å². The first-order chi connectivity index (χ1) is 10.2. The molecule has 0 bridgehead atoms. The fourth-order valence-electron chi connectivity index (χ4n) is 2.27. The smallest absolute Gasteiger partial charge is 0.155 e. The van der Waals surface area contributed by atoms with Crippen molar-refractivity contribution in [3.05, 3.63) is 57.8 Å². The number of pyridine rings is 1. The molecule has 0 saturated carbocycles. The second-order valence-electron chi connectivity index (χ2n) is 4.69. The van der Waals surface area contributed by atoms with E-state index in [-0.39, 0.29) is 0 Å². The van der Waals surface area contributed by atoms with E-state index < -0.39 is 0 Å². The maximum absolute atomic E-state index is 8.18. The molecular formula is C16H9BrN2OS. The molecule has 0 saturated heterocycles. The van der Waals surface area contributed by atoms with Gasteiger partial charge < -0.3 is 4.42 Å². The van der Waals surface area contributed by atoms with Crippen LogP contribution in [-0.2, 0) is 0 Å². The molecule has 5 heteroatoms. The van der Waals surface area contributed by atoms with Crippen LogP contribution in [0.2, 0.25) is 0 Å². The minimum absolute atomic E-state index is 0.431. The molecule has 1 aromatic carbocycles. The number of fused-ring (bicyclic) bond motifs is 2. The topological polar surface area (TPSA) is 49.9 Å². The molecule has 102 valence electrons. The molecule has 0 aliphatic carbocycles. The van der Waals surface area contributed by atoms with Gasteiger partial charge in [0.25, 0.3) is 0 Å². The third-order valence-electron chi connectivity index (χ3n) is 3.32. The highest BCUT2D eigenvalue weighted by Gasteiger charge is 2.08. The van der Waals surface area contributed by atoms with Crippen LogP contribution in [0.15, 0.2) is 56.9 Å². The predicted molar refractivity (Wildman–Crippen MR) is 88.4 cm³/mol. The Kier molecular flexibility index (Phi) is 2.90. The summed E-state index contributed by atoms with van der Waals surface area (Å²) in [7, 11) is 0. The molecule has 0 amide bonds. The Hall–Kier alpha value is -1.98. The first-order valence-corrected chi connectivity index (χ1v) is 7.99. The molecule has 3 nitrogen and oxygen atoms in total. The second-order valence-corrected chi connectivity index (χ2v) is 6.56. The Labute approximate surface area is 132 Å². The summed E-state index contributed by atoms with van der Waals surface area (Å²) < 4.78 is 8.01. The van der Waals surface area contributed by atoms with Gasteiger partial charge in [-0.25, -0.2) is 0 Å². The summed E-state index contributed by atoms with van der Waals surface area (Å²) in [6.45, 7) is 0. The van der Waals surface area contributed by atoms with Gasteiger partial charge in [0.15, 0.2) is 5.76 Å². The Bertz CT molecular complexity index is 1040. The van der Waals surface area contributed by atoms with Gasteiger partial charge in [-0.15, -0.1) is 11.3 Å². The van der Waals surface area contributed by atoms with Crippen molar-refractivity contribution < 1.29 is 4.42 Å². The summed E-state index contributed by atoms with van der Waals surface area (Å²) in [5, 5.41) is 12.6. The van der Waals surface area contributed by atoms with E-state index in [2.05, 4.69) is 20.9 Å². The summed E-state index contributed by atoms with van der Waals surface area (Å²) in [6.07, 6.45) is 1.84. The number of rotatable bonds is 1. The SMILES string of the molecule is N=c1cc(-c2cc3sccc3cn2)oc2ccc(Br)cc12. The highest BCUT2D eigenvalue weighted by atomic mass is 79.9. The van der Waals surface area contributed by atoms with E-state index in [1.165, 1.54) is 0 Å². The van der Waals surface area contributed by atoms with E-state index in [9.17, 15) is 0 Å². The molecule has 1 N–H and O–H groups in total. The molecule has 0 radical (unpaired) electrons. The Morgan fingerprint density at radius 1 is 1.14 bits per heavy atom. The third-order valence-corrected chi connectivity index (χ3v) is 4.69. The summed E-state index contributed by atoms with van der Waals surface area (Å²) in [5.74, 6) is 0.616. The molecule has 4 rings (SSSR count). The number of hydrogen-bond donors (Lipinski definition) is 1. The van der Waals surface area contributed by atoms with E-state index in [0.717, 1.165) is 25.6 Å². The van der Waals surface area contributed by atoms with Crippen LogP contribution in [0, 0.1) is 5.41 Å². The van der Waals surface area contributed by atoms with Gasteiger partial charge >= 0.3 is 0 Å². The van der Waals surface area contributed by atoms with Gasteiger partial charge in [0, 0.05) is 32.2 Å². The zero-order chi connectivity index (χ0) is 14.4. The lowest BCUT2D eigenvalue weighted by molar-refractivity contribution is 0.615. The largest absolute Gasteiger partial charge is 0.454 e. The van der Waals surface area contributed by atoms with Gasteiger partial charge in [-0.05, 0) is 35.7 Å². The number of nitrogens with one attached hydrogen (secondary N) is 1. The van der Waals surface area contributed by atoms with E-state index in [4.69, 9.17) is 9.83 Å². The standard InChI is InChI=1S/C16H9BrN2OS/c17-10-1-2-14-11(5-10)12(18)6-15(20-14)13-7-16-9(8-19-13)3-4-21-16/h1-8,18H. The normalized spacial score (nSPS) is 11.3. The molecule has 0 unspecified atom stereocenters. The van der Waals surface area contributed by atoms with Gasteiger partial charge in [0.05, 0.1) is 5.36 Å². The van der Waals surface area contributed by atoms with Gasteiger partial charge in [-0.2, -0.15) is 0 Å². The van der Waals surface area contributed by atoms with E-state index in [1.807, 2.05) is 41.9 Å². The molecule has 0 atom stereocenters. The fraction of sp³-hybridized carbons (Fsp3) is 0. The number of thiophene rings is 1. The summed E-state index contributed by atoms with van der Waals surface area (Å²) in [4.78, 5) is 4.44. The van der Waals surface area contributed by atoms with Gasteiger partial charge in [-0.3, -0.25) is 10.4 Å². The molecule has 3 heterocycles. The van der Waals surface area contributed by atoms with Crippen LogP contribution in [0.25, 0.3) is 32.5 Å². The monoisotopic (exact) mass is 356 g/mol. The fourth-order valence-corrected chi connectivity index (χ4v) is 3.43. The number of aromatic nitrogens is 1. The number of hydrogen-bond acceptors (Lipinski definition) is 4. The lowest BCUT2D eigenvalue weighted by Crippen LogP contribution is -2.01. The quantitative estimate of drug-likeness (QED) is 0.524. The molecule has 4 aromatic rings. The van der Waals surface area contributed by atoms with Gasteiger partial charge in [-0.1, -0.05) is 15.9 Å². The highest BCUT2D eigenvalue weighted by molar-refractivity contribution is 9.10. The Morgan fingerprint density at radius 2 is 2.05 bits per heavy atom. The summed E-state index contributed by atoms with van der Waals surface area (Å²) >= 11 is 5.09. The summed E-state index contributed by atoms with van der Waals surface area (Å²) in [5.41, 5.74) is 1.44. The number of halogens is 1. The Morgan fingerprint density at radius 3 is 2.95 bits per heavy atom. The molecule has 0 fully saturated rings. The average Bonchev–Trinajstić information content (AvgIpc) is 2.95. The van der Waals surface area contributed by atoms with E-state index in [0.29, 0.717) is 16.7 Å². The van der Waals surface area contributed by atoms with Crippen molar-refractivity contribution in [3.8, 4) is 11.5 Å². The maximum Gasteiger partial charge on any atom is 0.155 e. The number of nitrogens with zero attached hydrogens (tertiary/aromatic N) is 1. The predicted octanol–water partition coefficient (Wildman–Crippen LogP) is 4.95. The van der Waals surface area contributed by atoms with Crippen molar-refractivity contribution in [2.45, 2.75) is 0 Å². The molecule has 21 heavy (non-hydrogen) atoms. The second kappa shape index (κ2) is 4.79. The maximum atomic E-state index is 8.18. The van der Waals surface area contributed by atoms with Crippen LogP contribution in [0.1, 0.15) is 0 Å². The lowest BCUT2D eigenvalue weighted by atomic mass is 10.2. The summed E-state index contributed by atoms with van der Waals surface area (Å²) in [6, 6.07) is 11.4. The third kappa shape index (κ3) is 2.18. The lowest BCUT2D eigenvalue weighted by Gasteiger charge is -2.04. The van der Waals surface area contributed by atoms with Crippen LogP contribution < -0.4 is 5.36 Å². The van der Waals surface area contributed by atoms with Crippen molar-refractivity contribution in [1.29, 1.82) is 5.41 Å². The van der Waals surface area contributed by atoms with E-state index in [1.54, 1.807) is 17.4 Å². The number of benzene rings is 1. The molecule has 0 aliphatic heterocycles. The van der Waals surface area contributed by atoms with Crippen LogP contribution in [0.3, 0.4) is 0 Å². The van der Waals surface area contributed by atoms with Crippen LogP contribution >= 0.6 is 27.3 Å². The van der Waals surface area contributed by atoms with Crippen LogP contribution in [0.5, 0.6) is 0 Å². The van der Waals surface area contributed by atoms with Crippen molar-refractivity contribution in [2.24, 2.45) is 0 Å². The van der Waals surface area contributed by atoms with Crippen molar-refractivity contribution >= 4 is 48.3 Å². The van der Waals surface area contributed by atoms with Gasteiger partial charge in [0.2, 0.25) is 0 Å². The molecule has 0 spiro atoms. The molecule has 0 aliphatic rings. The van der Waals surface area contributed by atoms with Crippen LogP contribution in [0.4, 0.5) is 0 Å².